The molecule has 3 rings (SSSR count). The van der Waals surface area contributed by atoms with Gasteiger partial charge in [0.05, 0.1) is 16.4 Å². The molecule has 29 heavy (non-hydrogen) atoms. The molecule has 0 amide bonds. The van der Waals surface area contributed by atoms with E-state index in [-0.39, 0.29) is 0 Å². The van der Waals surface area contributed by atoms with E-state index >= 15 is 0 Å². The molecular weight excluding hydrogens is 450 g/mol. The third kappa shape index (κ3) is 4.93. The molecule has 1 heterocycles. The standard InChI is InChI=1S/C23H28BrNO3S/c1-4-13-25(3)14-5-6-15-28-20-11-12-21-22(16-20)29(26,27)17(2)23(21)18-7-9-19(24)10-8-18/h7-12,16H,4-6,13-15H2,1-3H3. The number of hydrogen-bond acceptors (Lipinski definition) is 4. The maximum Gasteiger partial charge on any atom is 0.203 e. The molecule has 0 N–H and O–H groups in total. The number of fused-ring (bicyclic) bond motifs is 1. The number of rotatable bonds is 9. The normalized spacial score (nSPS) is 15.1. The zero-order chi connectivity index (χ0) is 21.0. The molecule has 0 radical (unpaired) electrons. The van der Waals surface area contributed by atoms with Crippen molar-refractivity contribution in [1.82, 2.24) is 4.90 Å². The maximum atomic E-state index is 13.0. The van der Waals surface area contributed by atoms with Gasteiger partial charge < -0.3 is 9.64 Å². The van der Waals surface area contributed by atoms with Gasteiger partial charge in [0.1, 0.15) is 5.75 Å². The van der Waals surface area contributed by atoms with Crippen molar-refractivity contribution < 1.29 is 13.2 Å². The number of halogens is 1. The molecule has 0 atom stereocenters. The third-order valence-electron chi connectivity index (χ3n) is 5.21. The van der Waals surface area contributed by atoms with E-state index in [1.807, 2.05) is 36.4 Å². The van der Waals surface area contributed by atoms with Gasteiger partial charge >= 0.3 is 0 Å². The second-order valence-electron chi connectivity index (χ2n) is 7.46. The maximum absolute atomic E-state index is 13.0. The van der Waals surface area contributed by atoms with E-state index in [0.717, 1.165) is 53.5 Å². The smallest absolute Gasteiger partial charge is 0.203 e. The van der Waals surface area contributed by atoms with Gasteiger partial charge in [-0.2, -0.15) is 0 Å². The van der Waals surface area contributed by atoms with Gasteiger partial charge in [-0.1, -0.05) is 35.0 Å². The monoisotopic (exact) mass is 477 g/mol. The van der Waals surface area contributed by atoms with Crippen molar-refractivity contribution >= 4 is 31.3 Å². The Kier molecular flexibility index (Phi) is 7.19. The topological polar surface area (TPSA) is 46.6 Å². The fourth-order valence-electron chi connectivity index (χ4n) is 3.65. The van der Waals surface area contributed by atoms with E-state index in [1.165, 1.54) is 0 Å². The highest BCUT2D eigenvalue weighted by molar-refractivity contribution is 9.10. The summed E-state index contributed by atoms with van der Waals surface area (Å²) in [5.74, 6) is 0.610. The lowest BCUT2D eigenvalue weighted by atomic mass is 9.98. The summed E-state index contributed by atoms with van der Waals surface area (Å²) in [5, 5.41) is 0. The Balaban J connectivity index is 1.72. The Morgan fingerprint density at radius 1 is 1.03 bits per heavy atom. The van der Waals surface area contributed by atoms with Crippen LogP contribution in [-0.4, -0.2) is 40.1 Å². The van der Waals surface area contributed by atoms with Crippen molar-refractivity contribution in [3.05, 3.63) is 63.0 Å². The molecule has 156 valence electrons. The van der Waals surface area contributed by atoms with Gasteiger partial charge in [0.15, 0.2) is 0 Å². The van der Waals surface area contributed by atoms with E-state index < -0.39 is 9.84 Å². The van der Waals surface area contributed by atoms with Crippen LogP contribution >= 0.6 is 15.9 Å². The number of allylic oxidation sites excluding steroid dienone is 1. The van der Waals surface area contributed by atoms with Gasteiger partial charge in [-0.3, -0.25) is 0 Å². The van der Waals surface area contributed by atoms with E-state index in [9.17, 15) is 8.42 Å². The lowest BCUT2D eigenvalue weighted by Gasteiger charge is -2.15. The minimum absolute atomic E-state index is 0.341. The average Bonchev–Trinajstić information content (AvgIpc) is 2.89. The van der Waals surface area contributed by atoms with Crippen LogP contribution in [0, 0.1) is 0 Å². The SMILES string of the molecule is CCCN(C)CCCCOc1ccc2c(c1)S(=O)(=O)C(C)=C2c1ccc(Br)cc1. The summed E-state index contributed by atoms with van der Waals surface area (Å²) in [6, 6.07) is 13.1. The predicted molar refractivity (Wildman–Crippen MR) is 122 cm³/mol. The second kappa shape index (κ2) is 9.45. The molecule has 0 unspecified atom stereocenters. The fraction of sp³-hybridized carbons (Fsp3) is 0.391. The van der Waals surface area contributed by atoms with Crippen LogP contribution in [0.1, 0.15) is 44.2 Å². The minimum atomic E-state index is -3.49. The van der Waals surface area contributed by atoms with Gasteiger partial charge in [0, 0.05) is 15.6 Å². The molecule has 0 saturated heterocycles. The number of unbranched alkanes of at least 4 members (excludes halogenated alkanes) is 1. The molecule has 4 nitrogen and oxygen atoms in total. The van der Waals surface area contributed by atoms with Crippen LogP contribution in [-0.2, 0) is 9.84 Å². The summed E-state index contributed by atoms with van der Waals surface area (Å²) in [4.78, 5) is 3.05. The van der Waals surface area contributed by atoms with Gasteiger partial charge in [0.25, 0.3) is 0 Å². The first-order valence-electron chi connectivity index (χ1n) is 10.0. The lowest BCUT2D eigenvalue weighted by molar-refractivity contribution is 0.279. The lowest BCUT2D eigenvalue weighted by Crippen LogP contribution is -2.20. The largest absolute Gasteiger partial charge is 0.494 e. The quantitative estimate of drug-likeness (QED) is 0.446. The Hall–Kier alpha value is -1.63. The van der Waals surface area contributed by atoms with Crippen LogP contribution < -0.4 is 4.74 Å². The van der Waals surface area contributed by atoms with Crippen molar-refractivity contribution in [1.29, 1.82) is 0 Å². The van der Waals surface area contributed by atoms with E-state index in [4.69, 9.17) is 4.74 Å². The molecule has 2 aromatic carbocycles. The van der Waals surface area contributed by atoms with Crippen molar-refractivity contribution in [3.8, 4) is 5.75 Å². The molecule has 1 aliphatic heterocycles. The first-order chi connectivity index (χ1) is 13.8. The van der Waals surface area contributed by atoms with Gasteiger partial charge in [-0.25, -0.2) is 8.42 Å². The molecular formula is C23H28BrNO3S. The van der Waals surface area contributed by atoms with Crippen molar-refractivity contribution in [2.24, 2.45) is 0 Å². The van der Waals surface area contributed by atoms with Crippen LogP contribution in [0.15, 0.2) is 56.7 Å². The number of hydrogen-bond donors (Lipinski definition) is 0. The number of nitrogens with zero attached hydrogens (tertiary/aromatic N) is 1. The summed E-state index contributed by atoms with van der Waals surface area (Å²) in [6.45, 7) is 6.61. The third-order valence-corrected chi connectivity index (χ3v) is 7.66. The van der Waals surface area contributed by atoms with Crippen LogP contribution in [0.4, 0.5) is 0 Å². The highest BCUT2D eigenvalue weighted by Crippen LogP contribution is 2.43. The second-order valence-corrected chi connectivity index (χ2v) is 10.4. The first-order valence-corrected chi connectivity index (χ1v) is 12.3. The number of sulfone groups is 1. The highest BCUT2D eigenvalue weighted by atomic mass is 79.9. The summed E-state index contributed by atoms with van der Waals surface area (Å²) >= 11 is 3.43. The minimum Gasteiger partial charge on any atom is -0.494 e. The first kappa shape index (κ1) is 22.1. The summed E-state index contributed by atoms with van der Waals surface area (Å²) in [7, 11) is -1.35. The molecule has 0 aromatic heterocycles. The van der Waals surface area contributed by atoms with Crippen molar-refractivity contribution in [3.63, 3.8) is 0 Å². The summed E-state index contributed by atoms with van der Waals surface area (Å²) in [5.41, 5.74) is 2.43. The molecule has 1 aliphatic rings. The molecule has 6 heteroatoms. The number of ether oxygens (including phenoxy) is 1. The molecule has 0 bridgehead atoms. The Morgan fingerprint density at radius 3 is 2.45 bits per heavy atom. The zero-order valence-electron chi connectivity index (χ0n) is 17.2. The zero-order valence-corrected chi connectivity index (χ0v) is 19.6. The average molecular weight is 478 g/mol. The molecule has 2 aromatic rings. The predicted octanol–water partition coefficient (Wildman–Crippen LogP) is 5.52. The Bertz CT molecular complexity index is 997. The van der Waals surface area contributed by atoms with Gasteiger partial charge in [0.2, 0.25) is 9.84 Å². The van der Waals surface area contributed by atoms with Crippen LogP contribution in [0.3, 0.4) is 0 Å². The molecule has 0 fully saturated rings. The molecule has 0 saturated carbocycles. The van der Waals surface area contributed by atoms with Crippen LogP contribution in [0.25, 0.3) is 5.57 Å². The van der Waals surface area contributed by atoms with Gasteiger partial charge in [-0.15, -0.1) is 0 Å². The Morgan fingerprint density at radius 2 is 1.76 bits per heavy atom. The summed E-state index contributed by atoms with van der Waals surface area (Å²) < 4.78 is 32.8. The van der Waals surface area contributed by atoms with E-state index in [2.05, 4.69) is 34.8 Å². The summed E-state index contributed by atoms with van der Waals surface area (Å²) in [6.07, 6.45) is 3.17. The van der Waals surface area contributed by atoms with Crippen LogP contribution in [0.2, 0.25) is 0 Å². The fourth-order valence-corrected chi connectivity index (χ4v) is 5.47. The van der Waals surface area contributed by atoms with E-state index in [0.29, 0.717) is 22.2 Å². The van der Waals surface area contributed by atoms with Crippen LogP contribution in [0.5, 0.6) is 5.75 Å². The number of benzene rings is 2. The Labute approximate surface area is 182 Å². The van der Waals surface area contributed by atoms with Crippen molar-refractivity contribution in [2.75, 3.05) is 26.7 Å². The van der Waals surface area contributed by atoms with E-state index in [1.54, 1.807) is 13.0 Å². The van der Waals surface area contributed by atoms with Crippen molar-refractivity contribution in [2.45, 2.75) is 38.0 Å². The molecule has 0 aliphatic carbocycles. The highest BCUT2D eigenvalue weighted by Gasteiger charge is 2.33. The van der Waals surface area contributed by atoms with Gasteiger partial charge in [-0.05, 0) is 82.2 Å². The molecule has 0 spiro atoms.